The van der Waals surface area contributed by atoms with Gasteiger partial charge in [0.1, 0.15) is 13.2 Å². The zero-order chi connectivity index (χ0) is 44.4. The fourth-order valence-corrected chi connectivity index (χ4v) is 7.69. The average Bonchev–Trinajstić information content (AvgIpc) is 3.26. The minimum Gasteiger partial charge on any atom is -0.462 e. The molecule has 0 amide bonds. The van der Waals surface area contributed by atoms with Gasteiger partial charge < -0.3 is 14.2 Å². The van der Waals surface area contributed by atoms with Crippen molar-refractivity contribution in [3.8, 4) is 0 Å². The van der Waals surface area contributed by atoms with E-state index in [4.69, 9.17) is 14.2 Å². The van der Waals surface area contributed by atoms with Crippen LogP contribution in [0.2, 0.25) is 0 Å². The third-order valence-corrected chi connectivity index (χ3v) is 11.7. The summed E-state index contributed by atoms with van der Waals surface area (Å²) in [5.74, 6) is -0.907. The quantitative estimate of drug-likeness (QED) is 0.0262. The molecule has 0 radical (unpaired) electrons. The highest BCUT2D eigenvalue weighted by Gasteiger charge is 2.19. The molecule has 0 heterocycles. The van der Waals surface area contributed by atoms with E-state index in [1.54, 1.807) is 0 Å². The molecule has 0 spiro atoms. The molecule has 0 fully saturated rings. The van der Waals surface area contributed by atoms with Crippen molar-refractivity contribution in [1.29, 1.82) is 0 Å². The van der Waals surface area contributed by atoms with Crippen LogP contribution in [0.15, 0.2) is 36.5 Å². The van der Waals surface area contributed by atoms with Crippen LogP contribution in [0.4, 0.5) is 0 Å². The first kappa shape index (κ1) is 58.6. The van der Waals surface area contributed by atoms with E-state index in [0.29, 0.717) is 19.3 Å². The number of allylic oxidation sites excluding steroid dienone is 6. The zero-order valence-electron chi connectivity index (χ0n) is 40.7. The van der Waals surface area contributed by atoms with E-state index >= 15 is 0 Å². The molecule has 0 aromatic rings. The van der Waals surface area contributed by atoms with E-state index in [0.717, 1.165) is 77.0 Å². The number of unbranched alkanes of at least 4 members (excludes halogenated alkanes) is 31. The molecular formula is C55H100O6. The van der Waals surface area contributed by atoms with Gasteiger partial charge in [0, 0.05) is 19.3 Å². The van der Waals surface area contributed by atoms with Crippen LogP contribution in [0, 0.1) is 0 Å². The average molecular weight is 857 g/mol. The van der Waals surface area contributed by atoms with Gasteiger partial charge in [-0.2, -0.15) is 0 Å². The summed E-state index contributed by atoms with van der Waals surface area (Å²) in [7, 11) is 0. The minimum absolute atomic E-state index is 0.0797. The summed E-state index contributed by atoms with van der Waals surface area (Å²) < 4.78 is 16.8. The molecule has 6 heteroatoms. The number of carbonyl (C=O) groups is 3. The Hall–Kier alpha value is -2.37. The highest BCUT2D eigenvalue weighted by Crippen LogP contribution is 2.16. The first-order valence-corrected chi connectivity index (χ1v) is 26.5. The number of rotatable bonds is 48. The summed E-state index contributed by atoms with van der Waals surface area (Å²) in [6.45, 7) is 6.52. The normalized spacial score (nSPS) is 12.2. The molecule has 0 aromatic heterocycles. The van der Waals surface area contributed by atoms with Crippen LogP contribution in [0.5, 0.6) is 0 Å². The first-order valence-electron chi connectivity index (χ1n) is 26.5. The minimum atomic E-state index is -0.781. The van der Waals surface area contributed by atoms with E-state index in [2.05, 4.69) is 57.2 Å². The molecule has 0 rings (SSSR count). The van der Waals surface area contributed by atoms with Gasteiger partial charge in [0.25, 0.3) is 0 Å². The van der Waals surface area contributed by atoms with Crippen molar-refractivity contribution in [2.24, 2.45) is 0 Å². The first-order chi connectivity index (χ1) is 30.0. The van der Waals surface area contributed by atoms with E-state index in [1.165, 1.54) is 161 Å². The Bertz CT molecular complexity index is 1030. The van der Waals surface area contributed by atoms with Crippen molar-refractivity contribution in [1.82, 2.24) is 0 Å². The molecule has 0 aliphatic carbocycles. The van der Waals surface area contributed by atoms with E-state index in [9.17, 15) is 14.4 Å². The predicted molar refractivity (Wildman–Crippen MR) is 261 cm³/mol. The molecule has 0 saturated heterocycles. The fourth-order valence-electron chi connectivity index (χ4n) is 7.69. The molecule has 1 atom stereocenters. The second-order valence-electron chi connectivity index (χ2n) is 17.8. The molecule has 0 bridgehead atoms. The molecule has 0 saturated carbocycles. The maximum atomic E-state index is 12.8. The second kappa shape index (κ2) is 50.3. The third kappa shape index (κ3) is 48.5. The Morgan fingerprint density at radius 1 is 0.344 bits per heavy atom. The Balaban J connectivity index is 4.34. The molecule has 6 nitrogen and oxygen atoms in total. The van der Waals surface area contributed by atoms with Crippen LogP contribution in [-0.4, -0.2) is 37.2 Å². The van der Waals surface area contributed by atoms with E-state index < -0.39 is 6.10 Å². The Morgan fingerprint density at radius 2 is 0.639 bits per heavy atom. The number of hydrogen-bond donors (Lipinski definition) is 0. The third-order valence-electron chi connectivity index (χ3n) is 11.7. The molecular weight excluding hydrogens is 757 g/mol. The van der Waals surface area contributed by atoms with Crippen LogP contribution >= 0.6 is 0 Å². The van der Waals surface area contributed by atoms with Gasteiger partial charge in [-0.3, -0.25) is 14.4 Å². The number of esters is 3. The molecule has 0 aromatic carbocycles. The maximum Gasteiger partial charge on any atom is 0.306 e. The number of hydrogen-bond acceptors (Lipinski definition) is 6. The summed E-state index contributed by atoms with van der Waals surface area (Å²) in [4.78, 5) is 37.9. The van der Waals surface area contributed by atoms with Crippen LogP contribution in [0.3, 0.4) is 0 Å². The summed E-state index contributed by atoms with van der Waals surface area (Å²) in [5.41, 5.74) is 0. The van der Waals surface area contributed by atoms with Gasteiger partial charge in [-0.15, -0.1) is 0 Å². The van der Waals surface area contributed by atoms with Gasteiger partial charge in [0.2, 0.25) is 0 Å². The van der Waals surface area contributed by atoms with Gasteiger partial charge in [-0.05, 0) is 51.4 Å². The SMILES string of the molecule is CC/C=C\C/C=C\C/C=C\CCCCC(=O)OCC(COC(=O)CCCCCCCCCCCCCCCCCCC)OC(=O)CCCCCCCCCCCCCCCC. The van der Waals surface area contributed by atoms with Gasteiger partial charge in [-0.25, -0.2) is 0 Å². The van der Waals surface area contributed by atoms with Crippen molar-refractivity contribution in [3.63, 3.8) is 0 Å². The smallest absolute Gasteiger partial charge is 0.306 e. The number of ether oxygens (including phenoxy) is 3. The largest absolute Gasteiger partial charge is 0.462 e. The van der Waals surface area contributed by atoms with Crippen LogP contribution < -0.4 is 0 Å². The standard InChI is InChI=1S/C55H100O6/c1-4-7-10-13-16-19-22-25-27-28-29-31-33-36-39-42-45-48-54(57)60-51-52(50-59-53(56)47-44-41-38-35-32-24-21-18-15-12-9-6-3)61-55(58)49-46-43-40-37-34-30-26-23-20-17-14-11-8-5-2/h9,12,18,21,32,35,52H,4-8,10-11,13-17,19-20,22-31,33-34,36-51H2,1-3H3/b12-9-,21-18-,35-32-. The lowest BCUT2D eigenvalue weighted by atomic mass is 10.0. The Kier molecular flexibility index (Phi) is 48.3. The van der Waals surface area contributed by atoms with Crippen molar-refractivity contribution in [2.45, 2.75) is 284 Å². The molecule has 1 unspecified atom stereocenters. The predicted octanol–water partition coefficient (Wildman–Crippen LogP) is 17.3. The van der Waals surface area contributed by atoms with Crippen molar-refractivity contribution in [2.75, 3.05) is 13.2 Å². The summed E-state index contributed by atoms with van der Waals surface area (Å²) >= 11 is 0. The Morgan fingerprint density at radius 3 is 1.00 bits per heavy atom. The monoisotopic (exact) mass is 857 g/mol. The van der Waals surface area contributed by atoms with Crippen molar-refractivity contribution >= 4 is 17.9 Å². The molecule has 0 aliphatic rings. The van der Waals surface area contributed by atoms with Gasteiger partial charge in [0.15, 0.2) is 6.10 Å². The second-order valence-corrected chi connectivity index (χ2v) is 17.8. The highest BCUT2D eigenvalue weighted by molar-refractivity contribution is 5.71. The lowest BCUT2D eigenvalue weighted by Crippen LogP contribution is -2.30. The van der Waals surface area contributed by atoms with Gasteiger partial charge >= 0.3 is 17.9 Å². The molecule has 356 valence electrons. The molecule has 0 N–H and O–H groups in total. The summed E-state index contributed by atoms with van der Waals surface area (Å²) in [6.07, 6.45) is 58.5. The lowest BCUT2D eigenvalue weighted by Gasteiger charge is -2.18. The van der Waals surface area contributed by atoms with Crippen LogP contribution in [-0.2, 0) is 28.6 Å². The van der Waals surface area contributed by atoms with Crippen LogP contribution in [0.25, 0.3) is 0 Å². The van der Waals surface area contributed by atoms with E-state index in [-0.39, 0.29) is 31.1 Å². The fraction of sp³-hybridized carbons (Fsp3) is 0.836. The maximum absolute atomic E-state index is 12.8. The highest BCUT2D eigenvalue weighted by atomic mass is 16.6. The molecule has 0 aliphatic heterocycles. The summed E-state index contributed by atoms with van der Waals surface area (Å²) in [5, 5.41) is 0. The summed E-state index contributed by atoms with van der Waals surface area (Å²) in [6, 6.07) is 0. The topological polar surface area (TPSA) is 78.9 Å². The molecule has 61 heavy (non-hydrogen) atoms. The van der Waals surface area contributed by atoms with Crippen LogP contribution in [0.1, 0.15) is 278 Å². The van der Waals surface area contributed by atoms with Gasteiger partial charge in [0.05, 0.1) is 0 Å². The Labute approximate surface area is 378 Å². The van der Waals surface area contributed by atoms with Crippen molar-refractivity contribution < 1.29 is 28.6 Å². The lowest BCUT2D eigenvalue weighted by molar-refractivity contribution is -0.167. The van der Waals surface area contributed by atoms with E-state index in [1.807, 2.05) is 0 Å². The van der Waals surface area contributed by atoms with Gasteiger partial charge in [-0.1, -0.05) is 243 Å². The van der Waals surface area contributed by atoms with Crippen molar-refractivity contribution in [3.05, 3.63) is 36.5 Å². The zero-order valence-corrected chi connectivity index (χ0v) is 40.7. The number of carbonyl (C=O) groups excluding carboxylic acids is 3.